The lowest BCUT2D eigenvalue weighted by molar-refractivity contribution is 0.733. The number of thioether (sulfide) groups is 1. The van der Waals surface area contributed by atoms with E-state index in [2.05, 4.69) is 27.9 Å². The Balaban J connectivity index is 2.05. The van der Waals surface area contributed by atoms with Crippen LogP contribution in [0.25, 0.3) is 11.2 Å². The van der Waals surface area contributed by atoms with Gasteiger partial charge in [-0.25, -0.2) is 9.97 Å². The van der Waals surface area contributed by atoms with Gasteiger partial charge in [0.05, 0.1) is 5.52 Å². The van der Waals surface area contributed by atoms with Gasteiger partial charge in [-0.2, -0.15) is 11.8 Å². The maximum absolute atomic E-state index is 4.56. The predicted molar refractivity (Wildman–Crippen MR) is 63.3 cm³/mol. The molecule has 1 unspecified atom stereocenters. The number of imidazole rings is 1. The molecular weight excluding hydrogens is 206 g/mol. The maximum atomic E-state index is 4.56. The first-order valence-corrected chi connectivity index (χ1v) is 6.38. The van der Waals surface area contributed by atoms with Gasteiger partial charge < -0.3 is 4.98 Å². The molecule has 3 nitrogen and oxygen atoms in total. The molecule has 1 aliphatic rings. The Morgan fingerprint density at radius 2 is 2.47 bits per heavy atom. The second-order valence-electron chi connectivity index (χ2n) is 4.07. The number of nitrogens with zero attached hydrogens (tertiary/aromatic N) is 2. The first-order valence-electron chi connectivity index (χ1n) is 5.23. The molecule has 0 amide bonds. The highest BCUT2D eigenvalue weighted by atomic mass is 32.2. The van der Waals surface area contributed by atoms with Gasteiger partial charge in [0.2, 0.25) is 0 Å². The average molecular weight is 219 g/mol. The molecule has 1 fully saturated rings. The summed E-state index contributed by atoms with van der Waals surface area (Å²) in [7, 11) is 0. The standard InChI is InChI=1S/C11H13N3S/c1-7-4-9-11(12-5-7)14-10(13-9)8-2-3-15-6-8/h4-5,8H,2-3,6H2,1H3,(H,12,13,14). The summed E-state index contributed by atoms with van der Waals surface area (Å²) in [5, 5.41) is 0. The SMILES string of the molecule is Cc1cnc2nc(C3CCSC3)[nH]c2c1. The molecule has 1 saturated heterocycles. The largest absolute Gasteiger partial charge is 0.340 e. The topological polar surface area (TPSA) is 41.6 Å². The van der Waals surface area contributed by atoms with Crippen LogP contribution in [-0.2, 0) is 0 Å². The van der Waals surface area contributed by atoms with Crippen LogP contribution in [-0.4, -0.2) is 26.5 Å². The molecule has 0 aromatic carbocycles. The highest BCUT2D eigenvalue weighted by molar-refractivity contribution is 7.99. The molecule has 3 heterocycles. The van der Waals surface area contributed by atoms with Crippen LogP contribution in [0.2, 0.25) is 0 Å². The summed E-state index contributed by atoms with van der Waals surface area (Å²) in [6.45, 7) is 2.05. The number of H-pyrrole nitrogens is 1. The molecule has 15 heavy (non-hydrogen) atoms. The molecule has 2 aromatic heterocycles. The average Bonchev–Trinajstić information content (AvgIpc) is 2.84. The van der Waals surface area contributed by atoms with Crippen LogP contribution in [0.15, 0.2) is 12.3 Å². The molecule has 78 valence electrons. The zero-order valence-electron chi connectivity index (χ0n) is 8.66. The zero-order chi connectivity index (χ0) is 10.3. The Morgan fingerprint density at radius 3 is 3.27 bits per heavy atom. The summed E-state index contributed by atoms with van der Waals surface area (Å²) < 4.78 is 0. The van der Waals surface area contributed by atoms with Crippen molar-refractivity contribution in [3.05, 3.63) is 23.7 Å². The smallest absolute Gasteiger partial charge is 0.177 e. The molecule has 1 aliphatic heterocycles. The van der Waals surface area contributed by atoms with Crippen molar-refractivity contribution in [2.45, 2.75) is 19.3 Å². The van der Waals surface area contributed by atoms with Crippen molar-refractivity contribution < 1.29 is 0 Å². The van der Waals surface area contributed by atoms with E-state index in [1.807, 2.05) is 18.0 Å². The Morgan fingerprint density at radius 1 is 1.53 bits per heavy atom. The number of aromatic amines is 1. The first kappa shape index (κ1) is 9.21. The minimum atomic E-state index is 0.601. The van der Waals surface area contributed by atoms with Gasteiger partial charge in [-0.3, -0.25) is 0 Å². The van der Waals surface area contributed by atoms with E-state index in [0.29, 0.717) is 5.92 Å². The van der Waals surface area contributed by atoms with E-state index in [1.54, 1.807) is 0 Å². The number of aromatic nitrogens is 3. The minimum absolute atomic E-state index is 0.601. The van der Waals surface area contributed by atoms with E-state index in [-0.39, 0.29) is 0 Å². The van der Waals surface area contributed by atoms with Crippen LogP contribution >= 0.6 is 11.8 Å². The molecule has 0 aliphatic carbocycles. The van der Waals surface area contributed by atoms with Crippen LogP contribution in [0.4, 0.5) is 0 Å². The molecule has 3 rings (SSSR count). The number of nitrogens with one attached hydrogen (secondary N) is 1. The summed E-state index contributed by atoms with van der Waals surface area (Å²) in [6.07, 6.45) is 3.11. The summed E-state index contributed by atoms with van der Waals surface area (Å²) in [4.78, 5) is 12.3. The van der Waals surface area contributed by atoms with Crippen molar-refractivity contribution in [3.8, 4) is 0 Å². The third-order valence-corrected chi connectivity index (χ3v) is 3.97. The van der Waals surface area contributed by atoms with Crippen LogP contribution < -0.4 is 0 Å². The fourth-order valence-electron chi connectivity index (χ4n) is 1.97. The number of pyridine rings is 1. The molecule has 4 heteroatoms. The summed E-state index contributed by atoms with van der Waals surface area (Å²) in [6, 6.07) is 2.11. The number of rotatable bonds is 1. The van der Waals surface area contributed by atoms with Crippen molar-refractivity contribution in [1.29, 1.82) is 0 Å². The van der Waals surface area contributed by atoms with Crippen molar-refractivity contribution >= 4 is 22.9 Å². The van der Waals surface area contributed by atoms with Gasteiger partial charge in [0.1, 0.15) is 5.82 Å². The monoisotopic (exact) mass is 219 g/mol. The lowest BCUT2D eigenvalue weighted by Crippen LogP contribution is -1.98. The van der Waals surface area contributed by atoms with Crippen LogP contribution in [0.3, 0.4) is 0 Å². The van der Waals surface area contributed by atoms with Gasteiger partial charge in [0, 0.05) is 17.9 Å². The Kier molecular flexibility index (Phi) is 2.16. The highest BCUT2D eigenvalue weighted by Crippen LogP contribution is 2.31. The lowest BCUT2D eigenvalue weighted by Gasteiger charge is -2.01. The maximum Gasteiger partial charge on any atom is 0.177 e. The van der Waals surface area contributed by atoms with Gasteiger partial charge in [-0.05, 0) is 30.7 Å². The second kappa shape index (κ2) is 3.52. The second-order valence-corrected chi connectivity index (χ2v) is 5.22. The molecule has 2 aromatic rings. The Labute approximate surface area is 92.7 Å². The van der Waals surface area contributed by atoms with Gasteiger partial charge in [0.15, 0.2) is 5.65 Å². The number of fused-ring (bicyclic) bond motifs is 1. The van der Waals surface area contributed by atoms with Gasteiger partial charge in [-0.15, -0.1) is 0 Å². The van der Waals surface area contributed by atoms with E-state index in [4.69, 9.17) is 0 Å². The van der Waals surface area contributed by atoms with E-state index in [0.717, 1.165) is 17.0 Å². The fraction of sp³-hybridized carbons (Fsp3) is 0.455. The van der Waals surface area contributed by atoms with Crippen molar-refractivity contribution in [1.82, 2.24) is 15.0 Å². The molecule has 0 spiro atoms. The van der Waals surface area contributed by atoms with Gasteiger partial charge in [-0.1, -0.05) is 0 Å². The quantitative estimate of drug-likeness (QED) is 0.801. The van der Waals surface area contributed by atoms with Crippen molar-refractivity contribution in [3.63, 3.8) is 0 Å². The normalized spacial score (nSPS) is 21.3. The minimum Gasteiger partial charge on any atom is -0.340 e. The Bertz CT molecular complexity index is 486. The third-order valence-electron chi connectivity index (χ3n) is 2.81. The van der Waals surface area contributed by atoms with Crippen LogP contribution in [0, 0.1) is 6.92 Å². The summed E-state index contributed by atoms with van der Waals surface area (Å²) in [5.41, 5.74) is 3.10. The molecule has 1 atom stereocenters. The van der Waals surface area contributed by atoms with Crippen LogP contribution in [0.5, 0.6) is 0 Å². The Hall–Kier alpha value is -1.03. The zero-order valence-corrected chi connectivity index (χ0v) is 9.47. The molecular formula is C11H13N3S. The highest BCUT2D eigenvalue weighted by Gasteiger charge is 2.20. The number of aryl methyl sites for hydroxylation is 1. The van der Waals surface area contributed by atoms with E-state index >= 15 is 0 Å². The molecule has 0 bridgehead atoms. The van der Waals surface area contributed by atoms with E-state index in [1.165, 1.54) is 23.5 Å². The first-order chi connectivity index (χ1) is 7.33. The van der Waals surface area contributed by atoms with Gasteiger partial charge >= 0.3 is 0 Å². The summed E-state index contributed by atoms with van der Waals surface area (Å²) in [5.74, 6) is 4.17. The van der Waals surface area contributed by atoms with E-state index < -0.39 is 0 Å². The fourth-order valence-corrected chi connectivity index (χ4v) is 3.19. The predicted octanol–water partition coefficient (Wildman–Crippen LogP) is 2.49. The van der Waals surface area contributed by atoms with Crippen LogP contribution in [0.1, 0.15) is 23.7 Å². The molecule has 0 saturated carbocycles. The lowest BCUT2D eigenvalue weighted by atomic mass is 10.1. The third kappa shape index (κ3) is 1.63. The molecule has 1 N–H and O–H groups in total. The van der Waals surface area contributed by atoms with Gasteiger partial charge in [0.25, 0.3) is 0 Å². The molecule has 0 radical (unpaired) electrons. The van der Waals surface area contributed by atoms with E-state index in [9.17, 15) is 0 Å². The summed E-state index contributed by atoms with van der Waals surface area (Å²) >= 11 is 2.01. The van der Waals surface area contributed by atoms with Crippen molar-refractivity contribution in [2.75, 3.05) is 11.5 Å². The number of hydrogen-bond donors (Lipinski definition) is 1. The number of hydrogen-bond acceptors (Lipinski definition) is 3. The van der Waals surface area contributed by atoms with Crippen molar-refractivity contribution in [2.24, 2.45) is 0 Å².